The van der Waals surface area contributed by atoms with Crippen LogP contribution in [0.25, 0.3) is 0 Å². The smallest absolute Gasteiger partial charge is 0.284 e. The molecule has 0 amide bonds. The number of rotatable bonds is 6. The third-order valence-electron chi connectivity index (χ3n) is 3.53. The van der Waals surface area contributed by atoms with Crippen LogP contribution in [0, 0.1) is 0 Å². The maximum atomic E-state index is 10.7. The molecule has 0 radical (unpaired) electrons. The summed E-state index contributed by atoms with van der Waals surface area (Å²) >= 11 is 0.701. The van der Waals surface area contributed by atoms with Gasteiger partial charge in [0, 0.05) is 6.42 Å². The van der Waals surface area contributed by atoms with E-state index in [-0.39, 0.29) is 11.5 Å². The maximum Gasteiger partial charge on any atom is 0.284 e. The van der Waals surface area contributed by atoms with Crippen molar-refractivity contribution in [2.45, 2.75) is 36.3 Å². The molecule has 1 aromatic rings. The van der Waals surface area contributed by atoms with Crippen molar-refractivity contribution < 1.29 is 42.4 Å². The van der Waals surface area contributed by atoms with Crippen molar-refractivity contribution in [3.8, 4) is 0 Å². The van der Waals surface area contributed by atoms with Gasteiger partial charge in [0.1, 0.15) is 34.9 Å². The molecular weight excluding hydrogens is 390 g/mol. The Kier molecular flexibility index (Phi) is 7.37. The minimum absolute atomic E-state index is 0.0278. The molecule has 0 saturated carbocycles. The van der Waals surface area contributed by atoms with Crippen molar-refractivity contribution in [3.63, 3.8) is 0 Å². The van der Waals surface area contributed by atoms with Gasteiger partial charge in [-0.15, -0.1) is 0 Å². The van der Waals surface area contributed by atoms with E-state index in [0.717, 1.165) is 0 Å². The predicted molar refractivity (Wildman–Crippen MR) is 89.7 cm³/mol. The number of benzene rings is 1. The molecule has 0 aliphatic carbocycles. The SMILES string of the molecule is O=S(=O)([O-])O/N=C(/Cc1ccccc1)S[C@@H]1O[C@H](CO)[C@@H](O)[C@H](O)[C@H]1O. The lowest BCUT2D eigenvalue weighted by molar-refractivity contribution is -0.205. The molecule has 5 atom stereocenters. The average Bonchev–Trinajstić information content (AvgIpc) is 2.60. The summed E-state index contributed by atoms with van der Waals surface area (Å²) in [6, 6.07) is 8.67. The standard InChI is InChI=1S/C14H19NO9S2/c16-7-9-11(17)12(18)13(19)14(23-9)25-10(15-24-26(20,21)22)6-8-4-2-1-3-5-8/h1-5,9,11-14,16-19H,6-7H2,(H,20,21,22)/p-1/b15-10-/t9-,11-,12+,13-,14+/m1/s1. The zero-order valence-corrected chi connectivity index (χ0v) is 14.9. The third kappa shape index (κ3) is 5.89. The van der Waals surface area contributed by atoms with E-state index in [9.17, 15) is 33.4 Å². The molecule has 1 heterocycles. The number of hydrogen-bond donors (Lipinski definition) is 4. The van der Waals surface area contributed by atoms with Crippen molar-refractivity contribution in [1.29, 1.82) is 0 Å². The summed E-state index contributed by atoms with van der Waals surface area (Å²) in [6.07, 6.45) is -5.76. The Morgan fingerprint density at radius 2 is 1.85 bits per heavy atom. The Morgan fingerprint density at radius 3 is 2.42 bits per heavy atom. The summed E-state index contributed by atoms with van der Waals surface area (Å²) in [6.45, 7) is -0.612. The van der Waals surface area contributed by atoms with Crippen LogP contribution in [0.5, 0.6) is 0 Å². The molecule has 146 valence electrons. The lowest BCUT2D eigenvalue weighted by atomic mass is 10.0. The minimum Gasteiger partial charge on any atom is -0.714 e. The number of aliphatic hydroxyl groups excluding tert-OH is 4. The highest BCUT2D eigenvalue weighted by molar-refractivity contribution is 8.14. The molecule has 12 heteroatoms. The molecule has 2 rings (SSSR count). The first-order chi connectivity index (χ1) is 12.2. The van der Waals surface area contributed by atoms with E-state index in [2.05, 4.69) is 9.44 Å². The van der Waals surface area contributed by atoms with E-state index in [4.69, 9.17) is 4.74 Å². The largest absolute Gasteiger partial charge is 0.714 e. The van der Waals surface area contributed by atoms with Crippen LogP contribution in [0.2, 0.25) is 0 Å². The number of oxime groups is 1. The van der Waals surface area contributed by atoms with Crippen molar-refractivity contribution in [3.05, 3.63) is 35.9 Å². The molecule has 0 unspecified atom stereocenters. The number of thioether (sulfide) groups is 1. The molecule has 4 N–H and O–H groups in total. The molecular formula is C14H18NO9S2-. The highest BCUT2D eigenvalue weighted by Crippen LogP contribution is 2.30. The van der Waals surface area contributed by atoms with Crippen LogP contribution in [0.3, 0.4) is 0 Å². The third-order valence-corrected chi connectivity index (χ3v) is 4.90. The molecule has 1 aliphatic rings. The lowest BCUT2D eigenvalue weighted by Gasteiger charge is -2.39. The topological polar surface area (TPSA) is 169 Å². The summed E-state index contributed by atoms with van der Waals surface area (Å²) in [5.74, 6) is 0. The van der Waals surface area contributed by atoms with Crippen molar-refractivity contribution >= 4 is 27.2 Å². The van der Waals surface area contributed by atoms with Crippen molar-refractivity contribution in [1.82, 2.24) is 0 Å². The maximum absolute atomic E-state index is 10.7. The van der Waals surface area contributed by atoms with Gasteiger partial charge in [0.2, 0.25) is 0 Å². The van der Waals surface area contributed by atoms with Gasteiger partial charge in [0.25, 0.3) is 10.4 Å². The molecule has 1 fully saturated rings. The van der Waals surface area contributed by atoms with Crippen LogP contribution in [0.1, 0.15) is 5.56 Å². The van der Waals surface area contributed by atoms with Gasteiger partial charge in [0.15, 0.2) is 0 Å². The van der Waals surface area contributed by atoms with E-state index >= 15 is 0 Å². The first kappa shape index (κ1) is 21.1. The highest BCUT2D eigenvalue weighted by Gasteiger charge is 2.44. The second kappa shape index (κ2) is 9.10. The summed E-state index contributed by atoms with van der Waals surface area (Å²) in [5.41, 5.74) is -0.485. The quantitative estimate of drug-likeness (QED) is 0.144. The Hall–Kier alpha value is -1.25. The van der Waals surface area contributed by atoms with E-state index < -0.39 is 46.9 Å². The second-order valence-electron chi connectivity index (χ2n) is 5.45. The number of ether oxygens (including phenoxy) is 1. The van der Waals surface area contributed by atoms with Gasteiger partial charge in [-0.3, -0.25) is 4.28 Å². The fourth-order valence-corrected chi connectivity index (χ4v) is 3.58. The van der Waals surface area contributed by atoms with Crippen LogP contribution >= 0.6 is 11.8 Å². The van der Waals surface area contributed by atoms with Crippen LogP contribution in [-0.2, 0) is 25.8 Å². The van der Waals surface area contributed by atoms with Gasteiger partial charge in [-0.25, -0.2) is 0 Å². The van der Waals surface area contributed by atoms with Gasteiger partial charge in [-0.2, -0.15) is 8.42 Å². The molecule has 0 spiro atoms. The molecule has 0 bridgehead atoms. The van der Waals surface area contributed by atoms with E-state index in [1.807, 2.05) is 0 Å². The molecule has 1 aromatic carbocycles. The first-order valence-electron chi connectivity index (χ1n) is 7.43. The fourth-order valence-electron chi connectivity index (χ4n) is 2.25. The second-order valence-corrected chi connectivity index (χ2v) is 7.58. The van der Waals surface area contributed by atoms with Gasteiger partial charge >= 0.3 is 0 Å². The average molecular weight is 408 g/mol. The molecule has 1 saturated heterocycles. The van der Waals surface area contributed by atoms with Crippen molar-refractivity contribution in [2.24, 2.45) is 5.16 Å². The Bertz CT molecular complexity index is 710. The zero-order chi connectivity index (χ0) is 19.3. The summed E-state index contributed by atoms with van der Waals surface area (Å²) < 4.78 is 41.2. The van der Waals surface area contributed by atoms with E-state index in [1.165, 1.54) is 0 Å². The summed E-state index contributed by atoms with van der Waals surface area (Å²) in [7, 11) is -5.08. The highest BCUT2D eigenvalue weighted by atomic mass is 32.3. The monoisotopic (exact) mass is 408 g/mol. The van der Waals surface area contributed by atoms with Crippen LogP contribution in [-0.4, -0.2) is 74.9 Å². The number of hydrogen-bond acceptors (Lipinski definition) is 11. The van der Waals surface area contributed by atoms with Crippen LogP contribution in [0.4, 0.5) is 0 Å². The molecule has 26 heavy (non-hydrogen) atoms. The molecule has 0 aromatic heterocycles. The summed E-state index contributed by atoms with van der Waals surface area (Å²) in [5, 5.41) is 42.1. The van der Waals surface area contributed by atoms with E-state index in [0.29, 0.717) is 17.3 Å². The Balaban J connectivity index is 2.19. The normalized spacial score (nSPS) is 30.2. The first-order valence-corrected chi connectivity index (χ1v) is 9.65. The lowest BCUT2D eigenvalue weighted by Crippen LogP contribution is -2.57. The fraction of sp³-hybridized carbons (Fsp3) is 0.500. The Labute approximate surface area is 154 Å². The van der Waals surface area contributed by atoms with Gasteiger partial charge in [-0.05, 0) is 5.56 Å². The van der Waals surface area contributed by atoms with Gasteiger partial charge in [-0.1, -0.05) is 47.2 Å². The zero-order valence-electron chi connectivity index (χ0n) is 13.3. The minimum atomic E-state index is -5.08. The predicted octanol–water partition coefficient (Wildman–Crippen LogP) is -1.45. The molecule has 1 aliphatic heterocycles. The molecule has 10 nitrogen and oxygen atoms in total. The van der Waals surface area contributed by atoms with Crippen molar-refractivity contribution in [2.75, 3.05) is 6.61 Å². The summed E-state index contributed by atoms with van der Waals surface area (Å²) in [4.78, 5) is 0. The number of nitrogens with zero attached hydrogens (tertiary/aromatic N) is 1. The van der Waals surface area contributed by atoms with Crippen LogP contribution in [0.15, 0.2) is 35.5 Å². The van der Waals surface area contributed by atoms with Gasteiger partial charge < -0.3 is 29.7 Å². The van der Waals surface area contributed by atoms with E-state index in [1.54, 1.807) is 30.3 Å². The Morgan fingerprint density at radius 1 is 1.19 bits per heavy atom. The number of aliphatic hydroxyl groups is 4. The van der Waals surface area contributed by atoms with Gasteiger partial charge in [0.05, 0.1) is 6.61 Å². The van der Waals surface area contributed by atoms with Crippen LogP contribution < -0.4 is 0 Å².